The summed E-state index contributed by atoms with van der Waals surface area (Å²) in [4.78, 5) is 54.8. The summed E-state index contributed by atoms with van der Waals surface area (Å²) in [5.74, 6) is -0.138. The number of anilines is 2. The van der Waals surface area contributed by atoms with Crippen LogP contribution in [0, 0.1) is 13.8 Å². The molecular weight excluding hydrogens is 831 g/mol. The van der Waals surface area contributed by atoms with Gasteiger partial charge in [-0.15, -0.1) is 0 Å². The molecule has 8 rings (SSSR count). The van der Waals surface area contributed by atoms with Gasteiger partial charge in [-0.3, -0.25) is 4.79 Å². The van der Waals surface area contributed by atoms with Gasteiger partial charge in [0.15, 0.2) is 0 Å². The number of carbonyl (C=O) groups excluding carboxylic acids is 2. The van der Waals surface area contributed by atoms with E-state index in [1.165, 1.54) is 18.7 Å². The molecule has 6 heterocycles. The monoisotopic (exact) mass is 880 g/mol. The number of carbonyl (C=O) groups is 3. The van der Waals surface area contributed by atoms with Crippen molar-refractivity contribution in [1.82, 2.24) is 38.9 Å². The van der Waals surface area contributed by atoms with Gasteiger partial charge in [-0.1, -0.05) is 60.6 Å². The standard InChI is InChI=1S/C22H26ClN5O2.C20H20ClN5O.C3H4O2/c1-13-17(14-5-7-15(23)8-6-14)18-19(24)25-12-26-20(18)28(13)16-9-10-27(11-16)21(29)30-22(2,3)4;1-3-16(27)25-9-8-15(10-25)26-12(2)17(13-4-6-14(21)7-5-13)18-19(22)23-11-24-20(18)26;1-2-3(4)5/h5-8,12,16H,9-11H2,1-4H3,(H2,24,25,26);3-7,11,15H,1,8-10H2,2H3,(H2,22,23,24);2H,1H2,(H,4,5)/t16-;15-;/m11./s1. The van der Waals surface area contributed by atoms with Crippen molar-refractivity contribution in [3.05, 3.63) is 108 Å². The Kier molecular flexibility index (Phi) is 13.6. The fraction of sp³-hybridized carbons (Fsp3) is 0.311. The predicted molar refractivity (Wildman–Crippen MR) is 244 cm³/mol. The van der Waals surface area contributed by atoms with Gasteiger partial charge < -0.3 is 40.2 Å². The third-order valence-corrected chi connectivity index (χ3v) is 11.3. The minimum atomic E-state index is -0.981. The van der Waals surface area contributed by atoms with E-state index in [2.05, 4.69) is 56.1 Å². The van der Waals surface area contributed by atoms with Gasteiger partial charge >= 0.3 is 12.1 Å². The van der Waals surface area contributed by atoms with E-state index in [4.69, 9.17) is 44.5 Å². The zero-order chi connectivity index (χ0) is 45.0. The molecule has 2 amide bonds. The van der Waals surface area contributed by atoms with Crippen molar-refractivity contribution in [3.8, 4) is 22.3 Å². The van der Waals surface area contributed by atoms with Gasteiger partial charge in [0.2, 0.25) is 5.91 Å². The summed E-state index contributed by atoms with van der Waals surface area (Å²) in [6, 6.07) is 15.6. The summed E-state index contributed by atoms with van der Waals surface area (Å²) in [5, 5.41) is 10.6. The molecule has 0 spiro atoms. The van der Waals surface area contributed by atoms with E-state index in [0.29, 0.717) is 47.9 Å². The quantitative estimate of drug-likeness (QED) is 0.135. The van der Waals surface area contributed by atoms with Gasteiger partial charge in [0.25, 0.3) is 0 Å². The van der Waals surface area contributed by atoms with E-state index in [-0.39, 0.29) is 24.1 Å². The highest BCUT2D eigenvalue weighted by Gasteiger charge is 2.34. The molecule has 0 saturated carbocycles. The Bertz CT molecular complexity index is 2650. The van der Waals surface area contributed by atoms with Crippen LogP contribution >= 0.6 is 23.2 Å². The second-order valence-corrected chi connectivity index (χ2v) is 16.8. The van der Waals surface area contributed by atoms with E-state index in [1.54, 1.807) is 4.90 Å². The summed E-state index contributed by atoms with van der Waals surface area (Å²) in [6.07, 6.45) is 6.55. The lowest BCUT2D eigenvalue weighted by Gasteiger charge is -2.24. The third-order valence-electron chi connectivity index (χ3n) is 10.8. The van der Waals surface area contributed by atoms with Crippen molar-refractivity contribution < 1.29 is 24.2 Å². The number of halogens is 2. The minimum Gasteiger partial charge on any atom is -0.478 e. The Morgan fingerprint density at radius 2 is 1.13 bits per heavy atom. The molecule has 4 aromatic heterocycles. The normalized spacial score (nSPS) is 16.0. The summed E-state index contributed by atoms with van der Waals surface area (Å²) >= 11 is 12.1. The molecular formula is C45H50Cl2N10O5. The van der Waals surface area contributed by atoms with Crippen LogP contribution in [0.2, 0.25) is 10.0 Å². The first-order valence-corrected chi connectivity index (χ1v) is 20.7. The molecule has 5 N–H and O–H groups in total. The fourth-order valence-electron chi connectivity index (χ4n) is 8.10. The zero-order valence-corrected chi connectivity index (χ0v) is 36.8. The molecule has 62 heavy (non-hydrogen) atoms. The maximum atomic E-state index is 12.5. The number of carboxylic acids is 1. The number of nitrogen functional groups attached to an aromatic ring is 2. The number of aromatic nitrogens is 6. The van der Waals surface area contributed by atoms with Gasteiger partial charge in [-0.2, -0.15) is 0 Å². The van der Waals surface area contributed by atoms with Crippen molar-refractivity contribution in [2.24, 2.45) is 0 Å². The first-order chi connectivity index (χ1) is 29.4. The molecule has 324 valence electrons. The first-order valence-electron chi connectivity index (χ1n) is 19.9. The van der Waals surface area contributed by atoms with Crippen LogP contribution in [0.25, 0.3) is 44.3 Å². The molecule has 15 nitrogen and oxygen atoms in total. The Labute approximate surface area is 369 Å². The van der Waals surface area contributed by atoms with Gasteiger partial charge in [0.05, 0.1) is 22.9 Å². The first kappa shape index (κ1) is 45.1. The number of carboxylic acid groups (broad SMARTS) is 1. The SMILES string of the molecule is C=CC(=O)N1CC[C@@H](n2c(C)c(-c3ccc(Cl)cc3)c3c(N)ncnc32)C1.C=CC(=O)O.Cc1c(-c2ccc(Cl)cc2)c2c(N)ncnc2n1[C@@H]1CCN(C(=O)OC(C)(C)C)C1. The smallest absolute Gasteiger partial charge is 0.410 e. The van der Waals surface area contributed by atoms with Crippen LogP contribution in [0.1, 0.15) is 57.1 Å². The fourth-order valence-corrected chi connectivity index (χ4v) is 8.36. The van der Waals surface area contributed by atoms with Gasteiger partial charge in [-0.25, -0.2) is 29.5 Å². The van der Waals surface area contributed by atoms with Crippen LogP contribution < -0.4 is 11.5 Å². The van der Waals surface area contributed by atoms with Crippen molar-refractivity contribution in [1.29, 1.82) is 0 Å². The largest absolute Gasteiger partial charge is 0.478 e. The van der Waals surface area contributed by atoms with E-state index in [0.717, 1.165) is 74.6 Å². The lowest BCUT2D eigenvalue weighted by Crippen LogP contribution is -2.35. The summed E-state index contributed by atoms with van der Waals surface area (Å²) in [7, 11) is 0. The molecule has 2 aliphatic heterocycles. The highest BCUT2D eigenvalue weighted by Crippen LogP contribution is 2.42. The lowest BCUT2D eigenvalue weighted by molar-refractivity contribution is -0.131. The Hall–Kier alpha value is -6.45. The van der Waals surface area contributed by atoms with Crippen molar-refractivity contribution in [3.63, 3.8) is 0 Å². The molecule has 0 aliphatic carbocycles. The second kappa shape index (κ2) is 18.7. The van der Waals surface area contributed by atoms with E-state index < -0.39 is 11.6 Å². The van der Waals surface area contributed by atoms with E-state index in [1.807, 2.05) is 74.2 Å². The van der Waals surface area contributed by atoms with Crippen LogP contribution in [-0.2, 0) is 14.3 Å². The highest BCUT2D eigenvalue weighted by atomic mass is 35.5. The zero-order valence-electron chi connectivity index (χ0n) is 35.3. The second-order valence-electron chi connectivity index (χ2n) is 15.9. The van der Waals surface area contributed by atoms with Gasteiger partial charge in [0, 0.05) is 64.8 Å². The van der Waals surface area contributed by atoms with Crippen LogP contribution in [-0.4, -0.2) is 93.7 Å². The summed E-state index contributed by atoms with van der Waals surface area (Å²) in [5.41, 5.74) is 19.7. The number of hydrogen-bond acceptors (Lipinski definition) is 10. The molecule has 6 aromatic rings. The number of fused-ring (bicyclic) bond motifs is 2. The molecule has 17 heteroatoms. The van der Waals surface area contributed by atoms with Crippen LogP contribution in [0.15, 0.2) is 86.5 Å². The summed E-state index contributed by atoms with van der Waals surface area (Å²) < 4.78 is 9.92. The number of ether oxygens (including phenoxy) is 1. The molecule has 2 fully saturated rings. The molecule has 2 aliphatic rings. The average molecular weight is 882 g/mol. The Morgan fingerprint density at radius 1 is 0.726 bits per heavy atom. The van der Waals surface area contributed by atoms with Crippen LogP contribution in [0.5, 0.6) is 0 Å². The Balaban J connectivity index is 0.000000187. The average Bonchev–Trinajstić information content (AvgIpc) is 4.03. The maximum Gasteiger partial charge on any atom is 0.410 e. The summed E-state index contributed by atoms with van der Waals surface area (Å²) in [6.45, 7) is 18.8. The third kappa shape index (κ3) is 9.53. The van der Waals surface area contributed by atoms with Crippen LogP contribution in [0.3, 0.4) is 0 Å². The number of aliphatic carboxylic acids is 1. The van der Waals surface area contributed by atoms with Crippen molar-refractivity contribution in [2.75, 3.05) is 37.6 Å². The van der Waals surface area contributed by atoms with Crippen molar-refractivity contribution >= 4 is 74.9 Å². The number of likely N-dealkylation sites (tertiary alicyclic amines) is 2. The van der Waals surface area contributed by atoms with Crippen molar-refractivity contribution in [2.45, 2.75) is 65.1 Å². The molecule has 2 atom stereocenters. The lowest BCUT2D eigenvalue weighted by atomic mass is 10.0. The number of amides is 2. The maximum absolute atomic E-state index is 12.5. The number of rotatable bonds is 6. The number of nitrogens with zero attached hydrogens (tertiary/aromatic N) is 8. The van der Waals surface area contributed by atoms with Gasteiger partial charge in [0.1, 0.15) is 41.2 Å². The Morgan fingerprint density at radius 3 is 1.52 bits per heavy atom. The highest BCUT2D eigenvalue weighted by molar-refractivity contribution is 6.31. The number of hydrogen-bond donors (Lipinski definition) is 3. The van der Waals surface area contributed by atoms with Gasteiger partial charge in [-0.05, 0) is 88.9 Å². The van der Waals surface area contributed by atoms with E-state index in [9.17, 15) is 14.4 Å². The predicted octanol–water partition coefficient (Wildman–Crippen LogP) is 8.68. The van der Waals surface area contributed by atoms with E-state index >= 15 is 0 Å². The molecule has 2 saturated heterocycles. The molecule has 0 bridgehead atoms. The topological polar surface area (TPSA) is 201 Å². The minimum absolute atomic E-state index is 0.0429. The molecule has 2 aromatic carbocycles. The number of benzene rings is 2. The molecule has 0 unspecified atom stereocenters. The molecule has 0 radical (unpaired) electrons. The number of nitrogens with two attached hydrogens (primary N) is 2. The van der Waals surface area contributed by atoms with Crippen LogP contribution in [0.4, 0.5) is 16.4 Å².